The molecule has 2 saturated heterocycles. The van der Waals surface area contributed by atoms with E-state index in [-0.39, 0.29) is 17.9 Å². The van der Waals surface area contributed by atoms with Gasteiger partial charge in [0.2, 0.25) is 0 Å². The number of anilines is 1. The first-order valence-corrected chi connectivity index (χ1v) is 9.47. The summed E-state index contributed by atoms with van der Waals surface area (Å²) in [6.45, 7) is 5.65. The van der Waals surface area contributed by atoms with Crippen LogP contribution in [0.1, 0.15) is 32.6 Å². The number of hydrogen-bond acceptors (Lipinski definition) is 6. The van der Waals surface area contributed by atoms with Crippen molar-refractivity contribution in [1.82, 2.24) is 25.1 Å². The Kier molecular flexibility index (Phi) is 4.52. The van der Waals surface area contributed by atoms with Gasteiger partial charge in [-0.2, -0.15) is 0 Å². The molecule has 2 atom stereocenters. The van der Waals surface area contributed by atoms with Crippen molar-refractivity contribution in [3.63, 3.8) is 0 Å². The average Bonchev–Trinajstić information content (AvgIpc) is 2.90. The summed E-state index contributed by atoms with van der Waals surface area (Å²) in [5, 5.41) is 3.03. The fourth-order valence-corrected chi connectivity index (χ4v) is 4.40. The van der Waals surface area contributed by atoms with Gasteiger partial charge in [0, 0.05) is 38.6 Å². The van der Waals surface area contributed by atoms with Gasteiger partial charge in [0.1, 0.15) is 11.4 Å². The van der Waals surface area contributed by atoms with E-state index in [1.807, 2.05) is 0 Å². The van der Waals surface area contributed by atoms with Crippen LogP contribution >= 0.6 is 0 Å². The van der Waals surface area contributed by atoms with Crippen LogP contribution in [0.5, 0.6) is 0 Å². The van der Waals surface area contributed by atoms with Crippen LogP contribution in [0.4, 0.5) is 10.6 Å². The van der Waals surface area contributed by atoms with Crippen molar-refractivity contribution in [3.05, 3.63) is 18.6 Å². The number of urea groups is 1. The summed E-state index contributed by atoms with van der Waals surface area (Å²) in [7, 11) is 0. The van der Waals surface area contributed by atoms with Gasteiger partial charge in [-0.05, 0) is 18.8 Å². The summed E-state index contributed by atoms with van der Waals surface area (Å²) in [5.74, 6) is 1.04. The Labute approximate surface area is 153 Å². The number of hydrogen-bond donors (Lipinski definition) is 1. The third kappa shape index (κ3) is 2.92. The van der Waals surface area contributed by atoms with Crippen LogP contribution in [-0.2, 0) is 4.79 Å². The number of carbonyl (C=O) groups is 2. The van der Waals surface area contributed by atoms with Crippen LogP contribution in [0.2, 0.25) is 0 Å². The second kappa shape index (κ2) is 6.83. The molecule has 0 aromatic carbocycles. The summed E-state index contributed by atoms with van der Waals surface area (Å²) in [5.41, 5.74) is -0.670. The lowest BCUT2D eigenvalue weighted by molar-refractivity contribution is -0.135. The van der Waals surface area contributed by atoms with E-state index >= 15 is 0 Å². The zero-order valence-electron chi connectivity index (χ0n) is 15.2. The van der Waals surface area contributed by atoms with E-state index in [0.29, 0.717) is 6.67 Å². The third-order valence-electron chi connectivity index (χ3n) is 6.09. The fourth-order valence-electron chi connectivity index (χ4n) is 4.40. The van der Waals surface area contributed by atoms with Crippen molar-refractivity contribution in [2.45, 2.75) is 38.1 Å². The predicted octanol–water partition coefficient (Wildman–Crippen LogP) is 1.06. The number of carbonyl (C=O) groups excluding carboxylic acids is 2. The quantitative estimate of drug-likeness (QED) is 0.814. The molecule has 1 aromatic heterocycles. The number of rotatable bonds is 3. The molecule has 3 heterocycles. The molecule has 1 saturated carbocycles. The highest BCUT2D eigenvalue weighted by atomic mass is 16.2. The molecule has 1 aromatic rings. The van der Waals surface area contributed by atoms with Gasteiger partial charge in [-0.1, -0.05) is 19.8 Å². The number of nitrogens with one attached hydrogen (secondary N) is 1. The van der Waals surface area contributed by atoms with Gasteiger partial charge >= 0.3 is 6.03 Å². The minimum absolute atomic E-state index is 0.0361. The van der Waals surface area contributed by atoms with Gasteiger partial charge in [-0.25, -0.2) is 14.7 Å². The third-order valence-corrected chi connectivity index (χ3v) is 6.09. The predicted molar refractivity (Wildman–Crippen MR) is 96.4 cm³/mol. The Hall–Kier alpha value is -2.22. The summed E-state index contributed by atoms with van der Waals surface area (Å²) < 4.78 is 0. The van der Waals surface area contributed by atoms with Crippen molar-refractivity contribution >= 4 is 17.8 Å². The van der Waals surface area contributed by atoms with Crippen LogP contribution in [0.15, 0.2) is 18.6 Å². The van der Waals surface area contributed by atoms with E-state index in [1.54, 1.807) is 18.6 Å². The second-order valence-corrected chi connectivity index (χ2v) is 7.59. The molecule has 26 heavy (non-hydrogen) atoms. The minimum Gasteiger partial charge on any atom is -0.353 e. The number of aromatic nitrogens is 2. The van der Waals surface area contributed by atoms with E-state index in [9.17, 15) is 9.59 Å². The molecule has 3 fully saturated rings. The lowest BCUT2D eigenvalue weighted by atomic mass is 9.73. The Balaban J connectivity index is 1.38. The van der Waals surface area contributed by atoms with Crippen LogP contribution in [-0.4, -0.2) is 70.1 Å². The lowest BCUT2D eigenvalue weighted by Gasteiger charge is -2.38. The highest BCUT2D eigenvalue weighted by Gasteiger charge is 2.55. The molecule has 4 rings (SSSR count). The Bertz CT molecular complexity index is 676. The first-order valence-electron chi connectivity index (χ1n) is 9.47. The van der Waals surface area contributed by atoms with Crippen LogP contribution in [0.3, 0.4) is 0 Å². The normalized spacial score (nSPS) is 30.1. The summed E-state index contributed by atoms with van der Waals surface area (Å²) in [6.07, 6.45) is 9.02. The van der Waals surface area contributed by atoms with Crippen molar-refractivity contribution in [1.29, 1.82) is 0 Å². The first-order chi connectivity index (χ1) is 12.6. The van der Waals surface area contributed by atoms with Gasteiger partial charge in [0.15, 0.2) is 0 Å². The first kappa shape index (κ1) is 17.2. The average molecular weight is 358 g/mol. The number of piperazine rings is 1. The Morgan fingerprint density at radius 3 is 2.69 bits per heavy atom. The molecule has 3 aliphatic rings. The molecular formula is C18H26N6O2. The minimum atomic E-state index is -0.670. The molecule has 1 N–H and O–H groups in total. The van der Waals surface area contributed by atoms with Crippen molar-refractivity contribution in [2.24, 2.45) is 5.92 Å². The van der Waals surface area contributed by atoms with E-state index in [4.69, 9.17) is 0 Å². The van der Waals surface area contributed by atoms with Crippen LogP contribution in [0, 0.1) is 5.92 Å². The molecule has 0 bridgehead atoms. The van der Waals surface area contributed by atoms with E-state index < -0.39 is 5.54 Å². The summed E-state index contributed by atoms with van der Waals surface area (Å²) in [4.78, 5) is 39.8. The topological polar surface area (TPSA) is 81.7 Å². The van der Waals surface area contributed by atoms with Crippen LogP contribution in [0.25, 0.3) is 0 Å². The zero-order chi connectivity index (χ0) is 18.1. The number of amides is 3. The van der Waals surface area contributed by atoms with Crippen LogP contribution < -0.4 is 10.2 Å². The van der Waals surface area contributed by atoms with E-state index in [1.165, 1.54) is 4.90 Å². The fraction of sp³-hybridized carbons (Fsp3) is 0.667. The lowest BCUT2D eigenvalue weighted by Crippen LogP contribution is -2.55. The Morgan fingerprint density at radius 1 is 1.19 bits per heavy atom. The zero-order valence-corrected chi connectivity index (χ0v) is 15.2. The summed E-state index contributed by atoms with van der Waals surface area (Å²) in [6, 6.07) is -0.236. The molecule has 1 aliphatic carbocycles. The van der Waals surface area contributed by atoms with Crippen molar-refractivity contribution in [3.8, 4) is 0 Å². The highest BCUT2D eigenvalue weighted by Crippen LogP contribution is 2.38. The molecular weight excluding hydrogens is 332 g/mol. The molecule has 1 spiro atoms. The molecule has 8 heteroatoms. The van der Waals surface area contributed by atoms with Gasteiger partial charge in [-0.15, -0.1) is 0 Å². The maximum atomic E-state index is 13.0. The molecule has 140 valence electrons. The summed E-state index contributed by atoms with van der Waals surface area (Å²) >= 11 is 0. The van der Waals surface area contributed by atoms with E-state index in [2.05, 4.69) is 32.0 Å². The molecule has 2 aliphatic heterocycles. The van der Waals surface area contributed by atoms with Gasteiger partial charge in [0.05, 0.1) is 12.9 Å². The monoisotopic (exact) mass is 358 g/mol. The Morgan fingerprint density at radius 2 is 2.00 bits per heavy atom. The number of nitrogens with zero attached hydrogens (tertiary/aromatic N) is 5. The smallest absolute Gasteiger partial charge is 0.326 e. The molecule has 0 unspecified atom stereocenters. The molecule has 8 nitrogen and oxygen atoms in total. The largest absolute Gasteiger partial charge is 0.353 e. The molecule has 3 amide bonds. The standard InChI is InChI=1S/C18H26N6O2/c1-14-4-2-3-5-18(14)16(25)24(17(26)21-18)13-22-8-10-23(11-9-22)15-12-19-6-7-20-15/h6-7,12,14H,2-5,8-11,13H2,1H3,(H,21,26)/t14-,18-/m1/s1. The van der Waals surface area contributed by atoms with Crippen molar-refractivity contribution < 1.29 is 9.59 Å². The van der Waals surface area contributed by atoms with Gasteiger partial charge in [0.25, 0.3) is 5.91 Å². The maximum Gasteiger partial charge on any atom is 0.326 e. The second-order valence-electron chi connectivity index (χ2n) is 7.59. The SMILES string of the molecule is C[C@@H]1CCCC[C@@]12NC(=O)N(CN1CCN(c3cnccn3)CC1)C2=O. The van der Waals surface area contributed by atoms with Crippen molar-refractivity contribution in [2.75, 3.05) is 37.7 Å². The molecule has 0 radical (unpaired) electrons. The highest BCUT2D eigenvalue weighted by molar-refractivity contribution is 6.07. The number of imide groups is 1. The maximum absolute atomic E-state index is 13.0. The van der Waals surface area contributed by atoms with Gasteiger partial charge in [-0.3, -0.25) is 14.7 Å². The van der Waals surface area contributed by atoms with E-state index in [0.717, 1.165) is 57.7 Å². The van der Waals surface area contributed by atoms with Gasteiger partial charge < -0.3 is 10.2 Å².